The van der Waals surface area contributed by atoms with Crippen molar-refractivity contribution in [2.24, 2.45) is 11.7 Å². The summed E-state index contributed by atoms with van der Waals surface area (Å²) in [7, 11) is 0. The van der Waals surface area contributed by atoms with Gasteiger partial charge in [-0.3, -0.25) is 4.79 Å². The summed E-state index contributed by atoms with van der Waals surface area (Å²) in [5.41, 5.74) is 7.15. The molecule has 2 aliphatic heterocycles. The Kier molecular flexibility index (Phi) is 7.79. The van der Waals surface area contributed by atoms with Gasteiger partial charge in [0.1, 0.15) is 11.4 Å². The predicted molar refractivity (Wildman–Crippen MR) is 136 cm³/mol. The van der Waals surface area contributed by atoms with E-state index in [2.05, 4.69) is 0 Å². The topological polar surface area (TPSA) is 75.8 Å². The maximum atomic E-state index is 13.3. The Bertz CT molecular complexity index is 1120. The van der Waals surface area contributed by atoms with E-state index < -0.39 is 23.3 Å². The third-order valence-electron chi connectivity index (χ3n) is 6.27. The second-order valence-electron chi connectivity index (χ2n) is 10.5. The quantitative estimate of drug-likeness (QED) is 0.496. The van der Waals surface area contributed by atoms with Crippen molar-refractivity contribution in [3.05, 3.63) is 65.2 Å². The van der Waals surface area contributed by atoms with Gasteiger partial charge in [0.25, 0.3) is 0 Å². The van der Waals surface area contributed by atoms with Gasteiger partial charge in [0.2, 0.25) is 0 Å². The maximum Gasteiger partial charge on any atom is 0.416 e. The van der Waals surface area contributed by atoms with Crippen LogP contribution in [0.2, 0.25) is 0 Å². The van der Waals surface area contributed by atoms with Crippen molar-refractivity contribution in [2.45, 2.75) is 64.8 Å². The summed E-state index contributed by atoms with van der Waals surface area (Å²) in [6.07, 6.45) is -1.19. The van der Waals surface area contributed by atoms with Gasteiger partial charge >= 0.3 is 12.1 Å². The number of alkyl halides is 3. The number of carboxylic acid groups (broad SMARTS) is 1. The molecule has 36 heavy (non-hydrogen) atoms. The Morgan fingerprint density at radius 1 is 1.11 bits per heavy atom. The Labute approximate surface area is 210 Å². The zero-order valence-electron chi connectivity index (χ0n) is 21.4. The molecular formula is C28H35F3N2O3. The molecule has 0 radical (unpaired) electrons. The predicted octanol–water partition coefficient (Wildman–Crippen LogP) is 6.35. The van der Waals surface area contributed by atoms with Crippen molar-refractivity contribution >= 4 is 17.2 Å². The number of hydrogen-bond donors (Lipinski definition) is 2. The van der Waals surface area contributed by atoms with Gasteiger partial charge in [-0.25, -0.2) is 0 Å². The van der Waals surface area contributed by atoms with E-state index in [1.54, 1.807) is 0 Å². The molecule has 4 rings (SSSR count). The van der Waals surface area contributed by atoms with Crippen molar-refractivity contribution in [3.63, 3.8) is 0 Å². The second kappa shape index (κ2) is 10.2. The summed E-state index contributed by atoms with van der Waals surface area (Å²) >= 11 is 0. The van der Waals surface area contributed by atoms with Crippen LogP contribution in [-0.2, 0) is 11.0 Å². The fourth-order valence-electron chi connectivity index (χ4n) is 4.15. The molecule has 2 aliphatic rings. The van der Waals surface area contributed by atoms with Crippen LogP contribution in [0.3, 0.4) is 0 Å². The van der Waals surface area contributed by atoms with Gasteiger partial charge in [-0.15, -0.1) is 0 Å². The van der Waals surface area contributed by atoms with Crippen LogP contribution in [0.1, 0.15) is 64.2 Å². The lowest BCUT2D eigenvalue weighted by Gasteiger charge is -2.39. The number of carboxylic acids is 1. The van der Waals surface area contributed by atoms with E-state index in [0.29, 0.717) is 31.5 Å². The average Bonchev–Trinajstić information content (AvgIpc) is 2.75. The highest BCUT2D eigenvalue weighted by atomic mass is 19.4. The third-order valence-corrected chi connectivity index (χ3v) is 6.27. The molecule has 1 fully saturated rings. The van der Waals surface area contributed by atoms with Crippen molar-refractivity contribution in [2.75, 3.05) is 18.0 Å². The first-order chi connectivity index (χ1) is 16.7. The Morgan fingerprint density at radius 3 is 2.25 bits per heavy atom. The summed E-state index contributed by atoms with van der Waals surface area (Å²) in [4.78, 5) is 13.1. The van der Waals surface area contributed by atoms with E-state index in [-0.39, 0.29) is 17.2 Å². The molecule has 0 aromatic heterocycles. The lowest BCUT2D eigenvalue weighted by molar-refractivity contribution is -0.142. The highest BCUT2D eigenvalue weighted by Gasteiger charge is 2.37. The van der Waals surface area contributed by atoms with Crippen molar-refractivity contribution in [1.82, 2.24) is 0 Å². The molecule has 5 nitrogen and oxygen atoms in total. The minimum Gasteiger partial charge on any atom is -0.483 e. The number of benzene rings is 2. The van der Waals surface area contributed by atoms with Crippen LogP contribution >= 0.6 is 0 Å². The van der Waals surface area contributed by atoms with E-state index >= 15 is 0 Å². The monoisotopic (exact) mass is 504 g/mol. The van der Waals surface area contributed by atoms with Gasteiger partial charge in [0.15, 0.2) is 0 Å². The molecule has 2 heterocycles. The average molecular weight is 505 g/mol. The van der Waals surface area contributed by atoms with Crippen LogP contribution in [0, 0.1) is 5.92 Å². The van der Waals surface area contributed by atoms with Gasteiger partial charge < -0.3 is 20.5 Å². The smallest absolute Gasteiger partial charge is 0.416 e. The minimum absolute atomic E-state index is 0. The largest absolute Gasteiger partial charge is 0.483 e. The summed E-state index contributed by atoms with van der Waals surface area (Å²) in [5, 5.41) is 9.13. The lowest BCUT2D eigenvalue weighted by Crippen LogP contribution is -2.50. The normalized spacial score (nSPS) is 17.1. The second-order valence-corrected chi connectivity index (χ2v) is 10.5. The van der Waals surface area contributed by atoms with E-state index in [1.807, 2.05) is 69.9 Å². The number of ether oxygens (including phenoxy) is 1. The number of rotatable bonds is 5. The molecule has 0 bridgehead atoms. The van der Waals surface area contributed by atoms with Crippen LogP contribution in [0.25, 0.3) is 5.57 Å². The van der Waals surface area contributed by atoms with Crippen molar-refractivity contribution < 1.29 is 27.8 Å². The zero-order chi connectivity index (χ0) is 26.9. The number of nitrogens with zero attached hydrogens (tertiary/aromatic N) is 1. The first-order valence-electron chi connectivity index (χ1n) is 12.2. The van der Waals surface area contributed by atoms with Gasteiger partial charge in [-0.2, -0.15) is 13.2 Å². The van der Waals surface area contributed by atoms with Gasteiger partial charge in [-0.05, 0) is 75.1 Å². The summed E-state index contributed by atoms with van der Waals surface area (Å²) in [6, 6.07) is 11.3. The molecule has 0 spiro atoms. The Hall–Kier alpha value is -3.00. The van der Waals surface area contributed by atoms with Crippen LogP contribution in [0.15, 0.2) is 48.5 Å². The molecule has 0 atom stereocenters. The molecule has 2 aromatic rings. The SMILES string of the molecule is CC(C)(C)N.CCC1(CC)C=C(c2cccc(N3CC(C(=O)O)C3)c2)c2ccc(C(F)(F)F)cc2O1. The summed E-state index contributed by atoms with van der Waals surface area (Å²) in [6.45, 7) is 10.7. The Morgan fingerprint density at radius 2 is 1.72 bits per heavy atom. The molecular weight excluding hydrogens is 469 g/mol. The molecule has 0 amide bonds. The fraction of sp³-hybridized carbons (Fsp3) is 0.464. The van der Waals surface area contributed by atoms with Gasteiger partial charge in [-0.1, -0.05) is 32.0 Å². The standard InChI is InChI=1S/C24H24F3NO3.C4H11N/c1-3-23(4-2)12-20(19-9-8-17(24(25,26)27)11-21(19)31-23)15-6-5-7-18(10-15)28-13-16(14-28)22(29)30;1-4(2,3)5/h5-12,16H,3-4,13-14H2,1-2H3,(H,29,30);5H2,1-3H3. The highest BCUT2D eigenvalue weighted by Crippen LogP contribution is 2.45. The van der Waals surface area contributed by atoms with Crippen molar-refractivity contribution in [3.8, 4) is 5.75 Å². The highest BCUT2D eigenvalue weighted by molar-refractivity contribution is 5.86. The molecule has 8 heteroatoms. The van der Waals surface area contributed by atoms with Crippen LogP contribution in [-0.4, -0.2) is 35.3 Å². The minimum atomic E-state index is -4.45. The van der Waals surface area contributed by atoms with Crippen LogP contribution < -0.4 is 15.4 Å². The van der Waals surface area contributed by atoms with E-state index in [9.17, 15) is 18.0 Å². The number of carbonyl (C=O) groups is 1. The molecule has 2 aromatic carbocycles. The third kappa shape index (κ3) is 6.40. The molecule has 196 valence electrons. The molecule has 0 aliphatic carbocycles. The molecule has 1 saturated heterocycles. The maximum absolute atomic E-state index is 13.3. The van der Waals surface area contributed by atoms with Crippen molar-refractivity contribution in [1.29, 1.82) is 0 Å². The number of nitrogens with two attached hydrogens (primary N) is 1. The van der Waals surface area contributed by atoms with Crippen LogP contribution in [0.4, 0.5) is 18.9 Å². The van der Waals surface area contributed by atoms with E-state index in [1.165, 1.54) is 6.07 Å². The van der Waals surface area contributed by atoms with E-state index in [4.69, 9.17) is 15.6 Å². The first kappa shape index (κ1) is 27.6. The molecule has 0 unspecified atom stereocenters. The number of hydrogen-bond acceptors (Lipinski definition) is 4. The number of anilines is 1. The molecule has 0 saturated carbocycles. The number of halogens is 3. The van der Waals surface area contributed by atoms with Gasteiger partial charge in [0.05, 0.1) is 11.5 Å². The fourth-order valence-corrected chi connectivity index (χ4v) is 4.15. The van der Waals surface area contributed by atoms with Gasteiger partial charge in [0, 0.05) is 29.9 Å². The Balaban J connectivity index is 0.000000658. The zero-order valence-corrected chi connectivity index (χ0v) is 21.4. The lowest BCUT2D eigenvalue weighted by atomic mass is 9.85. The summed E-state index contributed by atoms with van der Waals surface area (Å²) in [5.74, 6) is -0.943. The molecule has 3 N–H and O–H groups in total. The first-order valence-corrected chi connectivity index (χ1v) is 12.2. The van der Waals surface area contributed by atoms with Crippen LogP contribution in [0.5, 0.6) is 5.75 Å². The number of aliphatic carboxylic acids is 1. The van der Waals surface area contributed by atoms with E-state index in [0.717, 1.165) is 29.0 Å². The summed E-state index contributed by atoms with van der Waals surface area (Å²) < 4.78 is 46.0. The number of fused-ring (bicyclic) bond motifs is 1.